The summed E-state index contributed by atoms with van der Waals surface area (Å²) in [4.78, 5) is 9.48. The molecule has 0 aromatic rings. The summed E-state index contributed by atoms with van der Waals surface area (Å²) < 4.78 is 27.0. The van der Waals surface area contributed by atoms with Crippen LogP contribution in [0.3, 0.4) is 0 Å². The third-order valence-electron chi connectivity index (χ3n) is 1.16. The molecule has 0 aromatic carbocycles. The van der Waals surface area contributed by atoms with Crippen LogP contribution < -0.4 is 29.6 Å². The molecule has 5 nitrogen and oxygen atoms in total. The van der Waals surface area contributed by atoms with Crippen LogP contribution in [0, 0.1) is 6.92 Å². The van der Waals surface area contributed by atoms with Gasteiger partial charge in [0, 0.05) is 0 Å². The van der Waals surface area contributed by atoms with Gasteiger partial charge in [-0.25, -0.2) is 0 Å². The molecule has 15 heavy (non-hydrogen) atoms. The number of rotatable bonds is 5. The van der Waals surface area contributed by atoms with Crippen molar-refractivity contribution in [1.82, 2.24) is 0 Å². The Labute approximate surface area is 113 Å². The van der Waals surface area contributed by atoms with E-state index in [0.717, 1.165) is 6.42 Å². The summed E-state index contributed by atoms with van der Waals surface area (Å²) in [5.41, 5.74) is 0. The summed E-state index contributed by atoms with van der Waals surface area (Å²) in [6.07, 6.45) is 5.07. The van der Waals surface area contributed by atoms with Gasteiger partial charge in [0.1, 0.15) is 0 Å². The van der Waals surface area contributed by atoms with E-state index in [2.05, 4.69) is 13.8 Å². The molecule has 2 N–H and O–H groups in total. The summed E-state index contributed by atoms with van der Waals surface area (Å²) >= 11 is 0. The summed E-state index contributed by atoms with van der Waals surface area (Å²) in [5.74, 6) is -2.79. The number of unbranched alkanes of at least 4 members (excludes halogenated alkanes) is 3. The number of hydrogen-bond donors (Lipinski definition) is 2. The molecule has 0 unspecified atom stereocenters. The van der Waals surface area contributed by atoms with Crippen molar-refractivity contribution in [2.24, 2.45) is 0 Å². The van der Waals surface area contributed by atoms with Gasteiger partial charge < -0.3 is 12.0 Å². The molecule has 0 heterocycles. The standard InChI is InChI=1S/C6H13.C2H4O5S.Na/c1-3-5-6-4-2;3-2(4)1-8(5,6)7;/h1,3-6H2,2H3;1H2,(H,3,4)(H,5,6,7);/q-1;;+1. The number of hydrogen-bond acceptors (Lipinski definition) is 3. The molecule has 0 saturated heterocycles. The predicted molar refractivity (Wildman–Crippen MR) is 53.6 cm³/mol. The Balaban J connectivity index is -0.000000187. The van der Waals surface area contributed by atoms with Gasteiger partial charge in [-0.2, -0.15) is 14.8 Å². The zero-order valence-electron chi connectivity index (χ0n) is 9.27. The molecule has 0 aliphatic rings. The quantitative estimate of drug-likeness (QED) is 0.264. The third kappa shape index (κ3) is 31.4. The molecule has 7 heteroatoms. The number of aliphatic carboxylic acids is 1. The number of carboxylic acid groups (broad SMARTS) is 1. The largest absolute Gasteiger partial charge is 1.00 e. The molecule has 0 saturated carbocycles. The molecular weight excluding hydrogens is 231 g/mol. The first-order valence-corrected chi connectivity index (χ1v) is 5.90. The van der Waals surface area contributed by atoms with Gasteiger partial charge in [0.25, 0.3) is 10.1 Å². The van der Waals surface area contributed by atoms with Crippen molar-refractivity contribution in [3.8, 4) is 0 Å². The molecule has 0 amide bonds. The van der Waals surface area contributed by atoms with Gasteiger partial charge in [0.05, 0.1) is 0 Å². The van der Waals surface area contributed by atoms with Crippen molar-refractivity contribution >= 4 is 16.1 Å². The normalized spacial score (nSPS) is 9.53. The van der Waals surface area contributed by atoms with Gasteiger partial charge in [-0.15, -0.1) is 0 Å². The van der Waals surface area contributed by atoms with Gasteiger partial charge >= 0.3 is 35.5 Å². The maximum absolute atomic E-state index is 9.62. The molecule has 0 aliphatic heterocycles. The summed E-state index contributed by atoms with van der Waals surface area (Å²) in [6.45, 7) is 5.93. The van der Waals surface area contributed by atoms with Crippen LogP contribution in [0.25, 0.3) is 0 Å². The van der Waals surface area contributed by atoms with E-state index in [0.29, 0.717) is 0 Å². The summed E-state index contributed by atoms with van der Waals surface area (Å²) in [5, 5.41) is 7.71. The Morgan fingerprint density at radius 2 is 1.80 bits per heavy atom. The second-order valence-electron chi connectivity index (χ2n) is 2.68. The molecule has 86 valence electrons. The SMILES string of the molecule is O=C(O)CS(=O)(=O)O.[CH2-]CCCCC.[Na+]. The summed E-state index contributed by atoms with van der Waals surface area (Å²) in [7, 11) is -4.32. The van der Waals surface area contributed by atoms with E-state index in [9.17, 15) is 13.2 Å². The maximum atomic E-state index is 9.62. The number of carbonyl (C=O) groups is 1. The van der Waals surface area contributed by atoms with Crippen LogP contribution in [0.4, 0.5) is 0 Å². The average Bonchev–Trinajstić information content (AvgIpc) is 1.97. The predicted octanol–water partition coefficient (Wildman–Crippen LogP) is -1.64. The van der Waals surface area contributed by atoms with Gasteiger partial charge in [-0.3, -0.25) is 9.35 Å². The molecule has 0 radical (unpaired) electrons. The fourth-order valence-electron chi connectivity index (χ4n) is 0.583. The zero-order chi connectivity index (χ0) is 11.6. The van der Waals surface area contributed by atoms with Crippen molar-refractivity contribution in [1.29, 1.82) is 0 Å². The summed E-state index contributed by atoms with van der Waals surface area (Å²) in [6, 6.07) is 0. The van der Waals surface area contributed by atoms with E-state index in [1.54, 1.807) is 0 Å². The van der Waals surface area contributed by atoms with Crippen LogP contribution in [0.5, 0.6) is 0 Å². The Morgan fingerprint density at radius 1 is 1.33 bits per heavy atom. The molecule has 0 spiro atoms. The Bertz CT molecular complexity index is 233. The van der Waals surface area contributed by atoms with Gasteiger partial charge in [-0.1, -0.05) is 26.2 Å². The Hall–Kier alpha value is 0.380. The molecule has 0 aromatic heterocycles. The van der Waals surface area contributed by atoms with E-state index in [4.69, 9.17) is 9.66 Å². The maximum Gasteiger partial charge on any atom is 1.00 e. The minimum absolute atomic E-state index is 0. The minimum atomic E-state index is -4.32. The van der Waals surface area contributed by atoms with Crippen molar-refractivity contribution in [3.05, 3.63) is 6.92 Å². The molecule has 0 rings (SSSR count). The van der Waals surface area contributed by atoms with Crippen LogP contribution in [0.2, 0.25) is 0 Å². The zero-order valence-corrected chi connectivity index (χ0v) is 12.1. The van der Waals surface area contributed by atoms with Crippen LogP contribution in [-0.4, -0.2) is 29.8 Å². The third-order valence-corrected chi connectivity index (χ3v) is 1.77. The second-order valence-corrected chi connectivity index (χ2v) is 4.13. The van der Waals surface area contributed by atoms with Crippen LogP contribution in [-0.2, 0) is 14.9 Å². The van der Waals surface area contributed by atoms with Crippen molar-refractivity contribution in [3.63, 3.8) is 0 Å². The van der Waals surface area contributed by atoms with E-state index in [-0.39, 0.29) is 29.6 Å². The fraction of sp³-hybridized carbons (Fsp3) is 0.750. The monoisotopic (exact) mass is 248 g/mol. The van der Waals surface area contributed by atoms with E-state index < -0.39 is 21.8 Å². The van der Waals surface area contributed by atoms with Crippen LogP contribution in [0.15, 0.2) is 0 Å². The van der Waals surface area contributed by atoms with Gasteiger partial charge in [-0.05, 0) is 0 Å². The molecule has 0 atom stereocenters. The van der Waals surface area contributed by atoms with Crippen molar-refractivity contribution in [2.45, 2.75) is 32.6 Å². The average molecular weight is 248 g/mol. The molecule has 0 bridgehead atoms. The van der Waals surface area contributed by atoms with E-state index in [1.165, 1.54) is 19.3 Å². The number of carboxylic acids is 1. The van der Waals surface area contributed by atoms with Crippen LogP contribution >= 0.6 is 0 Å². The first-order valence-electron chi connectivity index (χ1n) is 4.29. The van der Waals surface area contributed by atoms with Crippen molar-refractivity contribution in [2.75, 3.05) is 5.75 Å². The Morgan fingerprint density at radius 3 is 1.87 bits per heavy atom. The van der Waals surface area contributed by atoms with Crippen molar-refractivity contribution < 1.29 is 52.4 Å². The smallest absolute Gasteiger partial charge is 0.480 e. The fourth-order valence-corrected chi connectivity index (χ4v) is 0.895. The Kier molecular flexibility index (Phi) is 17.2. The topological polar surface area (TPSA) is 91.7 Å². The molecule has 0 fully saturated rings. The second kappa shape index (κ2) is 12.4. The van der Waals surface area contributed by atoms with Gasteiger partial charge in [0.15, 0.2) is 5.75 Å². The first-order chi connectivity index (χ1) is 6.33. The van der Waals surface area contributed by atoms with E-state index in [1.807, 2.05) is 0 Å². The van der Waals surface area contributed by atoms with Crippen LogP contribution in [0.1, 0.15) is 32.6 Å². The first kappa shape index (κ1) is 20.8. The van der Waals surface area contributed by atoms with E-state index >= 15 is 0 Å². The molecular formula is C8H17NaO5S. The molecule has 0 aliphatic carbocycles. The minimum Gasteiger partial charge on any atom is -0.480 e. The van der Waals surface area contributed by atoms with Gasteiger partial charge in [0.2, 0.25) is 0 Å².